The predicted octanol–water partition coefficient (Wildman–Crippen LogP) is 1.55. The van der Waals surface area contributed by atoms with Crippen LogP contribution in [0.4, 0.5) is 0 Å². The first-order valence-electron chi connectivity index (χ1n) is 10.1. The van der Waals surface area contributed by atoms with Crippen molar-refractivity contribution in [2.45, 2.75) is 24.8 Å². The summed E-state index contributed by atoms with van der Waals surface area (Å²) in [5.41, 5.74) is 0.375. The Kier molecular flexibility index (Phi) is 7.17. The summed E-state index contributed by atoms with van der Waals surface area (Å²) >= 11 is 0. The fourth-order valence-electron chi connectivity index (χ4n) is 3.42. The van der Waals surface area contributed by atoms with Crippen LogP contribution >= 0.6 is 0 Å². The zero-order valence-corrected chi connectivity index (χ0v) is 18.6. The molecule has 0 atom stereocenters. The molecule has 2 heterocycles. The molecule has 1 aromatic heterocycles. The molecule has 0 bridgehead atoms. The van der Waals surface area contributed by atoms with E-state index in [1.54, 1.807) is 30.4 Å². The van der Waals surface area contributed by atoms with E-state index in [-0.39, 0.29) is 16.8 Å². The van der Waals surface area contributed by atoms with Crippen LogP contribution in [0.15, 0.2) is 47.5 Å². The van der Waals surface area contributed by atoms with Crippen molar-refractivity contribution in [1.29, 1.82) is 0 Å². The minimum absolute atomic E-state index is 0.110. The maximum atomic E-state index is 12.9. The molecule has 0 saturated carbocycles. The molecule has 1 aliphatic heterocycles. The second-order valence-corrected chi connectivity index (χ2v) is 9.46. The zero-order chi connectivity index (χ0) is 21.7. The number of nitrogens with zero attached hydrogens (tertiary/aromatic N) is 3. The monoisotopic (exact) mass is 434 g/mol. The van der Waals surface area contributed by atoms with Crippen LogP contribution in [0.1, 0.15) is 24.3 Å². The molecule has 8 nitrogen and oxygen atoms in total. The fraction of sp³-hybridized carbons (Fsp3) is 0.476. The van der Waals surface area contributed by atoms with Gasteiger partial charge in [-0.3, -0.25) is 9.69 Å². The minimum Gasteiger partial charge on any atom is -0.492 e. The lowest BCUT2D eigenvalue weighted by atomic mass is 10.2. The van der Waals surface area contributed by atoms with Crippen molar-refractivity contribution < 1.29 is 17.9 Å². The lowest BCUT2D eigenvalue weighted by Crippen LogP contribution is -2.49. The lowest BCUT2D eigenvalue weighted by molar-refractivity contribution is 0.0611. The molecule has 9 heteroatoms. The van der Waals surface area contributed by atoms with Crippen molar-refractivity contribution in [2.75, 3.05) is 39.3 Å². The topological polar surface area (TPSA) is 83.9 Å². The first-order chi connectivity index (χ1) is 14.3. The molecule has 3 rings (SSSR count). The van der Waals surface area contributed by atoms with Gasteiger partial charge in [-0.2, -0.15) is 0 Å². The highest BCUT2D eigenvalue weighted by atomic mass is 32.2. The Morgan fingerprint density at radius 1 is 1.13 bits per heavy atom. The number of aromatic nitrogens is 1. The van der Waals surface area contributed by atoms with Crippen molar-refractivity contribution in [3.05, 3.63) is 48.3 Å². The van der Waals surface area contributed by atoms with Crippen LogP contribution in [-0.2, 0) is 17.1 Å². The number of carbonyl (C=O) groups excluding carboxylic acids is 1. The smallest absolute Gasteiger partial charge is 0.270 e. The van der Waals surface area contributed by atoms with E-state index in [1.165, 1.54) is 12.3 Å². The SMILES string of the molecule is CC(C)NS(=O)(=O)c1cc(C(=O)N2CCN(CCOc3ccccc3)CC2)n(C)c1. The largest absolute Gasteiger partial charge is 0.492 e. The minimum atomic E-state index is -3.63. The molecule has 1 amide bonds. The summed E-state index contributed by atoms with van der Waals surface area (Å²) in [5.74, 6) is 0.705. The van der Waals surface area contributed by atoms with Gasteiger partial charge in [-0.05, 0) is 32.0 Å². The molecule has 1 aliphatic rings. The van der Waals surface area contributed by atoms with Crippen LogP contribution < -0.4 is 9.46 Å². The van der Waals surface area contributed by atoms with Gasteiger partial charge in [-0.25, -0.2) is 13.1 Å². The van der Waals surface area contributed by atoms with Crippen molar-refractivity contribution in [2.24, 2.45) is 7.05 Å². The Morgan fingerprint density at radius 3 is 2.43 bits per heavy atom. The Bertz CT molecular complexity index is 949. The van der Waals surface area contributed by atoms with E-state index in [2.05, 4.69) is 9.62 Å². The molecule has 1 fully saturated rings. The second-order valence-electron chi connectivity index (χ2n) is 7.74. The van der Waals surface area contributed by atoms with Gasteiger partial charge in [0.15, 0.2) is 0 Å². The van der Waals surface area contributed by atoms with E-state index >= 15 is 0 Å². The van der Waals surface area contributed by atoms with E-state index in [4.69, 9.17) is 4.74 Å². The molecule has 0 spiro atoms. The van der Waals surface area contributed by atoms with Gasteiger partial charge in [-0.15, -0.1) is 0 Å². The van der Waals surface area contributed by atoms with Gasteiger partial charge in [0.25, 0.3) is 5.91 Å². The normalized spacial score (nSPS) is 15.5. The summed E-state index contributed by atoms with van der Waals surface area (Å²) < 4.78 is 34.6. The molecule has 0 unspecified atom stereocenters. The third kappa shape index (κ3) is 5.62. The maximum Gasteiger partial charge on any atom is 0.270 e. The Hall–Kier alpha value is -2.36. The van der Waals surface area contributed by atoms with Gasteiger partial charge in [0, 0.05) is 52.0 Å². The highest BCUT2D eigenvalue weighted by Gasteiger charge is 2.26. The fourth-order valence-corrected chi connectivity index (χ4v) is 4.74. The average molecular weight is 435 g/mol. The molecule has 1 saturated heterocycles. The summed E-state index contributed by atoms with van der Waals surface area (Å²) in [6, 6.07) is 10.9. The van der Waals surface area contributed by atoms with Gasteiger partial charge < -0.3 is 14.2 Å². The number of piperazine rings is 1. The average Bonchev–Trinajstić information content (AvgIpc) is 3.10. The number of benzene rings is 1. The van der Waals surface area contributed by atoms with Crippen LogP contribution in [0.25, 0.3) is 0 Å². The van der Waals surface area contributed by atoms with Crippen LogP contribution in [0.2, 0.25) is 0 Å². The number of rotatable bonds is 8. The van der Waals surface area contributed by atoms with E-state index < -0.39 is 10.0 Å². The Labute approximate surface area is 178 Å². The molecule has 2 aromatic rings. The van der Waals surface area contributed by atoms with Crippen molar-refractivity contribution >= 4 is 15.9 Å². The van der Waals surface area contributed by atoms with Gasteiger partial charge in [0.2, 0.25) is 10.0 Å². The third-order valence-electron chi connectivity index (χ3n) is 4.98. The predicted molar refractivity (Wildman–Crippen MR) is 115 cm³/mol. The molecule has 1 aromatic carbocycles. The number of amides is 1. The van der Waals surface area contributed by atoms with Crippen LogP contribution in [0.5, 0.6) is 5.75 Å². The highest BCUT2D eigenvalue weighted by Crippen LogP contribution is 2.17. The molecule has 164 valence electrons. The number of sulfonamides is 1. The molecule has 0 aliphatic carbocycles. The first kappa shape index (κ1) is 22.3. The van der Waals surface area contributed by atoms with E-state index in [1.807, 2.05) is 30.3 Å². The number of para-hydroxylation sites is 1. The van der Waals surface area contributed by atoms with E-state index in [0.29, 0.717) is 25.4 Å². The Morgan fingerprint density at radius 2 is 1.80 bits per heavy atom. The summed E-state index contributed by atoms with van der Waals surface area (Å²) in [6.07, 6.45) is 1.48. The highest BCUT2D eigenvalue weighted by molar-refractivity contribution is 7.89. The van der Waals surface area contributed by atoms with Gasteiger partial charge in [-0.1, -0.05) is 18.2 Å². The standard InChI is InChI=1S/C21H30N4O4S/c1-17(2)22-30(27,28)19-15-20(23(3)16-19)21(26)25-11-9-24(10-12-25)13-14-29-18-7-5-4-6-8-18/h4-8,15-17,22H,9-14H2,1-3H3. The number of aryl methyl sites for hydroxylation is 1. The van der Waals surface area contributed by atoms with E-state index in [9.17, 15) is 13.2 Å². The number of ether oxygens (including phenoxy) is 1. The third-order valence-corrected chi connectivity index (χ3v) is 6.60. The summed E-state index contributed by atoms with van der Waals surface area (Å²) in [5, 5.41) is 0. The van der Waals surface area contributed by atoms with Crippen molar-refractivity contribution in [1.82, 2.24) is 19.1 Å². The molecule has 0 radical (unpaired) electrons. The van der Waals surface area contributed by atoms with Gasteiger partial charge in [0.05, 0.1) is 0 Å². The number of hydrogen-bond acceptors (Lipinski definition) is 5. The number of hydrogen-bond donors (Lipinski definition) is 1. The summed E-state index contributed by atoms with van der Waals surface area (Å²) in [6.45, 7) is 7.63. The Balaban J connectivity index is 1.53. The number of nitrogens with one attached hydrogen (secondary N) is 1. The molecule has 1 N–H and O–H groups in total. The number of carbonyl (C=O) groups is 1. The summed E-state index contributed by atoms with van der Waals surface area (Å²) in [4.78, 5) is 17.1. The quantitative estimate of drug-likeness (QED) is 0.682. The van der Waals surface area contributed by atoms with Gasteiger partial charge >= 0.3 is 0 Å². The summed E-state index contributed by atoms with van der Waals surface area (Å²) in [7, 11) is -1.94. The maximum absolute atomic E-state index is 12.9. The lowest BCUT2D eigenvalue weighted by Gasteiger charge is -2.34. The van der Waals surface area contributed by atoms with Crippen molar-refractivity contribution in [3.8, 4) is 5.75 Å². The van der Waals surface area contributed by atoms with E-state index in [0.717, 1.165) is 25.4 Å². The zero-order valence-electron chi connectivity index (χ0n) is 17.7. The van der Waals surface area contributed by atoms with Crippen LogP contribution in [0.3, 0.4) is 0 Å². The van der Waals surface area contributed by atoms with Crippen LogP contribution in [-0.4, -0.2) is 74.1 Å². The molecule has 30 heavy (non-hydrogen) atoms. The molecular formula is C21H30N4O4S. The second kappa shape index (κ2) is 9.63. The molecular weight excluding hydrogens is 404 g/mol. The van der Waals surface area contributed by atoms with Gasteiger partial charge in [0.1, 0.15) is 22.9 Å². The van der Waals surface area contributed by atoms with Crippen LogP contribution in [0, 0.1) is 0 Å². The first-order valence-corrected chi connectivity index (χ1v) is 11.6. The van der Waals surface area contributed by atoms with Crippen molar-refractivity contribution in [3.63, 3.8) is 0 Å².